The minimum Gasteiger partial charge on any atom is -0.198 e. The first kappa shape index (κ1) is 13.7. The molecule has 0 heterocycles. The molecule has 1 saturated carbocycles. The molecular weight excluding hydrogens is 218 g/mol. The van der Waals surface area contributed by atoms with Gasteiger partial charge in [0.25, 0.3) is 0 Å². The first-order chi connectivity index (χ1) is 8.67. The Morgan fingerprint density at radius 2 is 2.06 bits per heavy atom. The van der Waals surface area contributed by atoms with Gasteiger partial charge in [-0.3, -0.25) is 0 Å². The van der Waals surface area contributed by atoms with Gasteiger partial charge in [-0.15, -0.1) is 0 Å². The molecule has 0 bridgehead atoms. The third-order valence-corrected chi connectivity index (χ3v) is 5.12. The number of rotatable bonds is 3. The molecule has 0 aliphatic heterocycles. The second-order valence-corrected chi connectivity index (χ2v) is 6.66. The van der Waals surface area contributed by atoms with E-state index in [1.807, 2.05) is 0 Å². The van der Waals surface area contributed by atoms with Gasteiger partial charge in [-0.05, 0) is 63.7 Å². The van der Waals surface area contributed by atoms with Gasteiger partial charge >= 0.3 is 0 Å². The van der Waals surface area contributed by atoms with E-state index in [-0.39, 0.29) is 5.41 Å². The lowest BCUT2D eigenvalue weighted by Gasteiger charge is -2.34. The molecule has 2 aliphatic rings. The SMILES string of the molecule is CCC[C@H]1CC[C@H](C2=CCC(C)(C#N)CC2)CC1. The van der Waals surface area contributed by atoms with Gasteiger partial charge in [0.2, 0.25) is 0 Å². The zero-order valence-corrected chi connectivity index (χ0v) is 12.0. The van der Waals surface area contributed by atoms with Crippen LogP contribution in [0.3, 0.4) is 0 Å². The predicted molar refractivity (Wildman–Crippen MR) is 76.0 cm³/mol. The molecule has 0 saturated heterocycles. The van der Waals surface area contributed by atoms with Crippen LogP contribution in [0.4, 0.5) is 0 Å². The second-order valence-electron chi connectivity index (χ2n) is 6.66. The van der Waals surface area contributed by atoms with Gasteiger partial charge in [0, 0.05) is 0 Å². The largest absolute Gasteiger partial charge is 0.198 e. The van der Waals surface area contributed by atoms with Crippen LogP contribution in [0.1, 0.15) is 71.6 Å². The topological polar surface area (TPSA) is 23.8 Å². The quantitative estimate of drug-likeness (QED) is 0.624. The van der Waals surface area contributed by atoms with Crippen molar-refractivity contribution >= 4 is 0 Å². The van der Waals surface area contributed by atoms with Crippen molar-refractivity contribution in [2.24, 2.45) is 17.3 Å². The number of allylic oxidation sites excluding steroid dienone is 2. The van der Waals surface area contributed by atoms with Gasteiger partial charge in [0.1, 0.15) is 0 Å². The summed E-state index contributed by atoms with van der Waals surface area (Å²) in [6.07, 6.45) is 14.1. The smallest absolute Gasteiger partial charge is 0.0690 e. The van der Waals surface area contributed by atoms with E-state index < -0.39 is 0 Å². The summed E-state index contributed by atoms with van der Waals surface area (Å²) in [5, 5.41) is 9.16. The van der Waals surface area contributed by atoms with Gasteiger partial charge in [-0.2, -0.15) is 5.26 Å². The fraction of sp³-hybridized carbons (Fsp3) is 0.824. The molecule has 1 heteroatoms. The molecule has 0 aromatic rings. The highest BCUT2D eigenvalue weighted by molar-refractivity contribution is 5.17. The molecule has 0 radical (unpaired) electrons. The zero-order valence-electron chi connectivity index (χ0n) is 12.0. The van der Waals surface area contributed by atoms with Gasteiger partial charge in [0.15, 0.2) is 0 Å². The molecule has 1 unspecified atom stereocenters. The highest BCUT2D eigenvalue weighted by Crippen LogP contribution is 2.42. The van der Waals surface area contributed by atoms with Crippen LogP contribution in [0.2, 0.25) is 0 Å². The van der Waals surface area contributed by atoms with Crippen molar-refractivity contribution in [2.45, 2.75) is 71.6 Å². The zero-order chi connectivity index (χ0) is 13.0. The Morgan fingerprint density at radius 3 is 2.56 bits per heavy atom. The Hall–Kier alpha value is -0.770. The molecule has 100 valence electrons. The molecule has 1 fully saturated rings. The van der Waals surface area contributed by atoms with Crippen LogP contribution in [0.25, 0.3) is 0 Å². The second kappa shape index (κ2) is 5.91. The lowest BCUT2D eigenvalue weighted by atomic mass is 9.70. The maximum absolute atomic E-state index is 9.16. The van der Waals surface area contributed by atoms with Gasteiger partial charge in [-0.1, -0.05) is 31.4 Å². The van der Waals surface area contributed by atoms with Crippen molar-refractivity contribution in [1.29, 1.82) is 5.26 Å². The molecule has 0 aromatic heterocycles. The fourth-order valence-electron chi connectivity index (χ4n) is 3.68. The normalized spacial score (nSPS) is 36.8. The molecule has 0 aromatic carbocycles. The van der Waals surface area contributed by atoms with Crippen molar-refractivity contribution in [3.8, 4) is 6.07 Å². The third kappa shape index (κ3) is 3.16. The van der Waals surface area contributed by atoms with E-state index in [0.717, 1.165) is 24.7 Å². The molecule has 0 amide bonds. The molecule has 2 rings (SSSR count). The lowest BCUT2D eigenvalue weighted by molar-refractivity contribution is 0.272. The monoisotopic (exact) mass is 245 g/mol. The van der Waals surface area contributed by atoms with Crippen LogP contribution in [0, 0.1) is 28.6 Å². The van der Waals surface area contributed by atoms with E-state index in [2.05, 4.69) is 26.0 Å². The summed E-state index contributed by atoms with van der Waals surface area (Å²) in [5.74, 6) is 1.85. The molecule has 2 aliphatic carbocycles. The number of nitriles is 1. The Labute approximate surface area is 112 Å². The Kier molecular flexibility index (Phi) is 4.49. The average Bonchev–Trinajstić information content (AvgIpc) is 2.41. The molecule has 18 heavy (non-hydrogen) atoms. The van der Waals surface area contributed by atoms with Crippen LogP contribution in [-0.4, -0.2) is 0 Å². The van der Waals surface area contributed by atoms with E-state index in [0.29, 0.717) is 0 Å². The Morgan fingerprint density at radius 1 is 1.33 bits per heavy atom. The van der Waals surface area contributed by atoms with Gasteiger partial charge in [0.05, 0.1) is 11.5 Å². The summed E-state index contributed by atoms with van der Waals surface area (Å²) < 4.78 is 0. The van der Waals surface area contributed by atoms with Crippen LogP contribution in [-0.2, 0) is 0 Å². The molecule has 0 spiro atoms. The Bertz CT molecular complexity index is 341. The van der Waals surface area contributed by atoms with E-state index >= 15 is 0 Å². The van der Waals surface area contributed by atoms with E-state index in [9.17, 15) is 0 Å². The summed E-state index contributed by atoms with van der Waals surface area (Å²) in [7, 11) is 0. The molecule has 1 nitrogen and oxygen atoms in total. The van der Waals surface area contributed by atoms with E-state index in [1.165, 1.54) is 44.9 Å². The van der Waals surface area contributed by atoms with Crippen LogP contribution >= 0.6 is 0 Å². The molecule has 1 atom stereocenters. The summed E-state index contributed by atoms with van der Waals surface area (Å²) in [6, 6.07) is 2.48. The highest BCUT2D eigenvalue weighted by Gasteiger charge is 2.30. The van der Waals surface area contributed by atoms with Crippen molar-refractivity contribution in [3.05, 3.63) is 11.6 Å². The van der Waals surface area contributed by atoms with Crippen molar-refractivity contribution in [3.63, 3.8) is 0 Å². The van der Waals surface area contributed by atoms with Crippen LogP contribution in [0.5, 0.6) is 0 Å². The van der Waals surface area contributed by atoms with Crippen molar-refractivity contribution in [1.82, 2.24) is 0 Å². The first-order valence-corrected chi connectivity index (χ1v) is 7.77. The van der Waals surface area contributed by atoms with Crippen LogP contribution in [0.15, 0.2) is 11.6 Å². The van der Waals surface area contributed by atoms with Crippen molar-refractivity contribution < 1.29 is 0 Å². The fourth-order valence-corrected chi connectivity index (χ4v) is 3.68. The summed E-state index contributed by atoms with van der Waals surface area (Å²) in [4.78, 5) is 0. The third-order valence-electron chi connectivity index (χ3n) is 5.12. The van der Waals surface area contributed by atoms with E-state index in [4.69, 9.17) is 5.26 Å². The summed E-state index contributed by atoms with van der Waals surface area (Å²) in [5.41, 5.74) is 1.60. The maximum atomic E-state index is 9.16. The van der Waals surface area contributed by atoms with Crippen LogP contribution < -0.4 is 0 Å². The molecule has 0 N–H and O–H groups in total. The summed E-state index contributed by atoms with van der Waals surface area (Å²) in [6.45, 7) is 4.41. The summed E-state index contributed by atoms with van der Waals surface area (Å²) >= 11 is 0. The van der Waals surface area contributed by atoms with Gasteiger partial charge in [-0.25, -0.2) is 0 Å². The predicted octanol–water partition coefficient (Wildman–Crippen LogP) is 5.23. The van der Waals surface area contributed by atoms with Crippen molar-refractivity contribution in [2.75, 3.05) is 0 Å². The van der Waals surface area contributed by atoms with Gasteiger partial charge < -0.3 is 0 Å². The maximum Gasteiger partial charge on any atom is 0.0690 e. The minimum atomic E-state index is -0.0804. The standard InChI is InChI=1S/C17H27N/c1-3-4-14-5-7-15(8-6-14)16-9-11-17(2,13-18)12-10-16/h9,14-15H,3-8,10-12H2,1-2H3/t14-,15-,17?. The number of hydrogen-bond donors (Lipinski definition) is 0. The van der Waals surface area contributed by atoms with E-state index in [1.54, 1.807) is 5.57 Å². The Balaban J connectivity index is 1.86. The average molecular weight is 245 g/mol. The molecular formula is C17H27N. The lowest BCUT2D eigenvalue weighted by Crippen LogP contribution is -2.22. The minimum absolute atomic E-state index is 0.0804. The highest BCUT2D eigenvalue weighted by atomic mass is 14.4. The number of nitrogens with zero attached hydrogens (tertiary/aromatic N) is 1. The first-order valence-electron chi connectivity index (χ1n) is 7.77. The number of hydrogen-bond acceptors (Lipinski definition) is 1.